The van der Waals surface area contributed by atoms with Gasteiger partial charge < -0.3 is 4.90 Å². The van der Waals surface area contributed by atoms with E-state index in [9.17, 15) is 0 Å². The first-order chi connectivity index (χ1) is 14.1. The van der Waals surface area contributed by atoms with E-state index in [4.69, 9.17) is 0 Å². The van der Waals surface area contributed by atoms with Crippen LogP contribution in [0.1, 0.15) is 71.6 Å². The Hall–Kier alpha value is -1.33. The summed E-state index contributed by atoms with van der Waals surface area (Å²) < 4.78 is 0. The van der Waals surface area contributed by atoms with Crippen molar-refractivity contribution in [2.75, 3.05) is 19.0 Å². The third-order valence-corrected chi connectivity index (χ3v) is 9.98. The highest BCUT2D eigenvalue weighted by atomic mass is 31.1. The predicted molar refractivity (Wildman–Crippen MR) is 133 cm³/mol. The first kappa shape index (κ1) is 22.4. The predicted octanol–water partition coefficient (Wildman–Crippen LogP) is 7.83. The minimum atomic E-state index is -0.146. The van der Waals surface area contributed by atoms with Crippen LogP contribution in [0.25, 0.3) is 11.1 Å². The Morgan fingerprint density at radius 1 is 0.897 bits per heavy atom. The molecular weight excluding hydrogens is 369 g/mol. The molecule has 0 amide bonds. The van der Waals surface area contributed by atoms with Crippen molar-refractivity contribution in [3.63, 3.8) is 0 Å². The Kier molecular flexibility index (Phi) is 8.61. The van der Waals surface area contributed by atoms with Crippen molar-refractivity contribution in [3.8, 4) is 11.1 Å². The first-order valence-electron chi connectivity index (χ1n) is 11.8. The summed E-state index contributed by atoms with van der Waals surface area (Å²) in [6, 6.07) is 18.3. The Balaban J connectivity index is 2.02. The summed E-state index contributed by atoms with van der Waals surface area (Å²) in [6.45, 7) is 4.88. The summed E-state index contributed by atoms with van der Waals surface area (Å²) in [5.74, 6) is 0. The van der Waals surface area contributed by atoms with E-state index in [0.29, 0.717) is 0 Å². The van der Waals surface area contributed by atoms with E-state index in [1.807, 2.05) is 0 Å². The fraction of sp³-hybridized carbons (Fsp3) is 0.556. The van der Waals surface area contributed by atoms with Crippen molar-refractivity contribution in [2.24, 2.45) is 0 Å². The fourth-order valence-corrected chi connectivity index (χ4v) is 8.70. The lowest BCUT2D eigenvalue weighted by atomic mass is 10.0. The number of unbranched alkanes of at least 4 members (excludes halogenated alkanes) is 2. The minimum Gasteiger partial charge on any atom is -0.377 e. The summed E-state index contributed by atoms with van der Waals surface area (Å²) >= 11 is 0. The molecule has 0 aliphatic heterocycles. The second-order valence-corrected chi connectivity index (χ2v) is 11.9. The van der Waals surface area contributed by atoms with Gasteiger partial charge in [0.2, 0.25) is 0 Å². The summed E-state index contributed by atoms with van der Waals surface area (Å²) in [5, 5.41) is 1.66. The summed E-state index contributed by atoms with van der Waals surface area (Å²) in [4.78, 5) is 2.26. The lowest BCUT2D eigenvalue weighted by Gasteiger charge is -2.37. The second kappa shape index (κ2) is 11.2. The third-order valence-electron chi connectivity index (χ3n) is 6.53. The van der Waals surface area contributed by atoms with Gasteiger partial charge in [-0.2, -0.15) is 0 Å². The zero-order valence-electron chi connectivity index (χ0n) is 19.0. The number of para-hydroxylation sites is 1. The monoisotopic (exact) mass is 409 g/mol. The molecule has 2 heteroatoms. The van der Waals surface area contributed by atoms with E-state index in [0.717, 1.165) is 11.3 Å². The van der Waals surface area contributed by atoms with Crippen molar-refractivity contribution in [1.29, 1.82) is 0 Å². The molecule has 29 heavy (non-hydrogen) atoms. The Bertz CT molecular complexity index is 748. The molecule has 0 aromatic heterocycles. The van der Waals surface area contributed by atoms with Crippen LogP contribution in [0.4, 0.5) is 5.69 Å². The van der Waals surface area contributed by atoms with Gasteiger partial charge in [-0.25, -0.2) is 0 Å². The molecule has 0 saturated heterocycles. The zero-order valence-corrected chi connectivity index (χ0v) is 19.9. The van der Waals surface area contributed by atoms with Gasteiger partial charge in [-0.15, -0.1) is 0 Å². The number of anilines is 1. The number of benzene rings is 2. The maximum atomic E-state index is 2.56. The van der Waals surface area contributed by atoms with Gasteiger partial charge in [0.1, 0.15) is 0 Å². The van der Waals surface area contributed by atoms with Crippen LogP contribution in [0.2, 0.25) is 0 Å². The van der Waals surface area contributed by atoms with Crippen molar-refractivity contribution < 1.29 is 0 Å². The van der Waals surface area contributed by atoms with Crippen LogP contribution >= 0.6 is 7.92 Å². The SMILES string of the molecule is CCCCCC(C)P(c1ccccc1-c1ccccc1N(C)C)C1CCCCC1. The molecule has 1 nitrogen and oxygen atoms in total. The smallest absolute Gasteiger partial charge is 0.0440 e. The summed E-state index contributed by atoms with van der Waals surface area (Å²) in [6.07, 6.45) is 12.7. The lowest BCUT2D eigenvalue weighted by molar-refractivity contribution is 0.508. The highest BCUT2D eigenvalue weighted by molar-refractivity contribution is 7.67. The molecule has 0 N–H and O–H groups in total. The molecule has 0 bridgehead atoms. The fourth-order valence-electron chi connectivity index (χ4n) is 5.00. The van der Waals surface area contributed by atoms with Gasteiger partial charge in [0.05, 0.1) is 0 Å². The summed E-state index contributed by atoms with van der Waals surface area (Å²) in [5.41, 5.74) is 5.93. The van der Waals surface area contributed by atoms with Crippen molar-refractivity contribution in [1.82, 2.24) is 0 Å². The van der Waals surface area contributed by atoms with Crippen molar-refractivity contribution in [2.45, 2.75) is 83.0 Å². The first-order valence-corrected chi connectivity index (χ1v) is 13.3. The van der Waals surface area contributed by atoms with E-state index in [2.05, 4.69) is 81.4 Å². The van der Waals surface area contributed by atoms with Gasteiger partial charge in [0, 0.05) is 25.3 Å². The molecule has 2 atom stereocenters. The number of rotatable bonds is 9. The summed E-state index contributed by atoms with van der Waals surface area (Å²) in [7, 11) is 4.18. The van der Waals surface area contributed by atoms with Crippen LogP contribution < -0.4 is 10.2 Å². The molecule has 0 spiro atoms. The molecule has 158 valence electrons. The standard InChI is InChI=1S/C27H40NP/c1-5-6-8-15-22(2)29(23-16-9-7-10-17-23)27-21-14-12-19-25(27)24-18-11-13-20-26(24)28(3)4/h11-14,18-23H,5-10,15-17H2,1-4H3. The van der Waals surface area contributed by atoms with E-state index in [1.165, 1.54) is 74.6 Å². The van der Waals surface area contributed by atoms with Crippen LogP contribution in [-0.2, 0) is 0 Å². The van der Waals surface area contributed by atoms with Crippen LogP contribution in [0.15, 0.2) is 48.5 Å². The molecule has 1 fully saturated rings. The third kappa shape index (κ3) is 5.64. The Labute approximate surface area is 180 Å². The molecule has 1 saturated carbocycles. The molecule has 3 rings (SSSR count). The van der Waals surface area contributed by atoms with E-state index in [1.54, 1.807) is 5.30 Å². The topological polar surface area (TPSA) is 3.24 Å². The highest BCUT2D eigenvalue weighted by Gasteiger charge is 2.30. The van der Waals surface area contributed by atoms with Gasteiger partial charge in [-0.3, -0.25) is 0 Å². The van der Waals surface area contributed by atoms with E-state index in [-0.39, 0.29) is 7.92 Å². The molecule has 2 unspecified atom stereocenters. The zero-order chi connectivity index (χ0) is 20.6. The maximum Gasteiger partial charge on any atom is 0.0440 e. The lowest BCUT2D eigenvalue weighted by Crippen LogP contribution is -2.24. The highest BCUT2D eigenvalue weighted by Crippen LogP contribution is 2.54. The van der Waals surface area contributed by atoms with Gasteiger partial charge in [0.25, 0.3) is 0 Å². The van der Waals surface area contributed by atoms with E-state index >= 15 is 0 Å². The van der Waals surface area contributed by atoms with Crippen LogP contribution in [0.5, 0.6) is 0 Å². The molecule has 0 heterocycles. The average Bonchev–Trinajstić information content (AvgIpc) is 2.75. The number of hydrogen-bond acceptors (Lipinski definition) is 1. The van der Waals surface area contributed by atoms with Gasteiger partial charge in [-0.05, 0) is 47.5 Å². The molecule has 0 radical (unpaired) electrons. The number of hydrogen-bond donors (Lipinski definition) is 0. The van der Waals surface area contributed by atoms with Crippen LogP contribution in [0, 0.1) is 0 Å². The van der Waals surface area contributed by atoms with Gasteiger partial charge in [0.15, 0.2) is 0 Å². The van der Waals surface area contributed by atoms with E-state index < -0.39 is 0 Å². The second-order valence-electron chi connectivity index (χ2n) is 8.97. The van der Waals surface area contributed by atoms with Crippen molar-refractivity contribution in [3.05, 3.63) is 48.5 Å². The normalized spacial score (nSPS) is 17.1. The average molecular weight is 410 g/mol. The van der Waals surface area contributed by atoms with Gasteiger partial charge >= 0.3 is 0 Å². The number of nitrogens with zero attached hydrogens (tertiary/aromatic N) is 1. The maximum absolute atomic E-state index is 2.56. The largest absolute Gasteiger partial charge is 0.377 e. The van der Waals surface area contributed by atoms with Crippen molar-refractivity contribution >= 4 is 18.9 Å². The molecule has 2 aromatic rings. The molecule has 1 aliphatic rings. The quantitative estimate of drug-likeness (QED) is 0.301. The molecule has 2 aromatic carbocycles. The molecular formula is C27H40NP. The Morgan fingerprint density at radius 3 is 2.24 bits per heavy atom. The van der Waals surface area contributed by atoms with Crippen LogP contribution in [-0.4, -0.2) is 25.4 Å². The van der Waals surface area contributed by atoms with Crippen LogP contribution in [0.3, 0.4) is 0 Å². The molecule has 1 aliphatic carbocycles. The Morgan fingerprint density at radius 2 is 1.55 bits per heavy atom. The van der Waals surface area contributed by atoms with Gasteiger partial charge in [-0.1, -0.05) is 103 Å². The minimum absolute atomic E-state index is 0.146.